The Balaban J connectivity index is 1.39. The molecule has 10 nitrogen and oxygen atoms in total. The Morgan fingerprint density at radius 2 is 1.87 bits per heavy atom. The average molecular weight is 658 g/mol. The number of hydrazone groups is 1. The average Bonchev–Trinajstić information content (AvgIpc) is 3.35. The number of amides is 3. The number of benzene rings is 3. The van der Waals surface area contributed by atoms with Crippen LogP contribution in [-0.2, 0) is 11.2 Å². The first-order valence-corrected chi connectivity index (χ1v) is 15.0. The van der Waals surface area contributed by atoms with Gasteiger partial charge in [0.1, 0.15) is 11.6 Å². The molecule has 0 aromatic heterocycles. The number of amidine groups is 2. The van der Waals surface area contributed by atoms with Crippen molar-refractivity contribution in [1.82, 2.24) is 0 Å². The van der Waals surface area contributed by atoms with Gasteiger partial charge in [0.15, 0.2) is 11.0 Å². The van der Waals surface area contributed by atoms with Crippen LogP contribution in [0.25, 0.3) is 0 Å². The van der Waals surface area contributed by atoms with Crippen LogP contribution in [0.3, 0.4) is 0 Å². The number of aryl methyl sites for hydroxylation is 2. The maximum Gasteiger partial charge on any atom is 0.573 e. The second-order valence-electron chi connectivity index (χ2n) is 10.0. The van der Waals surface area contributed by atoms with Gasteiger partial charge in [0, 0.05) is 12.7 Å². The fourth-order valence-electron chi connectivity index (χ4n) is 4.40. The van der Waals surface area contributed by atoms with Gasteiger partial charge in [0.2, 0.25) is 5.91 Å². The van der Waals surface area contributed by atoms with Crippen LogP contribution in [-0.4, -0.2) is 55.4 Å². The van der Waals surface area contributed by atoms with E-state index in [1.807, 2.05) is 32.0 Å². The summed E-state index contributed by atoms with van der Waals surface area (Å²) >= 11 is 1.13. The summed E-state index contributed by atoms with van der Waals surface area (Å²) in [6, 6.07) is 14.1. The van der Waals surface area contributed by atoms with Gasteiger partial charge in [-0.15, -0.1) is 13.2 Å². The first-order valence-electron chi connectivity index (χ1n) is 14.0. The van der Waals surface area contributed by atoms with Crippen molar-refractivity contribution >= 4 is 64.2 Å². The molecule has 0 spiro atoms. The summed E-state index contributed by atoms with van der Waals surface area (Å²) < 4.78 is 56.0. The van der Waals surface area contributed by atoms with Crippen molar-refractivity contribution in [3.05, 3.63) is 77.6 Å². The number of hydrogen-bond acceptors (Lipinski definition) is 7. The summed E-state index contributed by atoms with van der Waals surface area (Å²) in [7, 11) is 1.56. The van der Waals surface area contributed by atoms with E-state index in [4.69, 9.17) is 0 Å². The van der Waals surface area contributed by atoms with Crippen molar-refractivity contribution in [3.63, 3.8) is 0 Å². The predicted octanol–water partition coefficient (Wildman–Crippen LogP) is 7.22. The highest BCUT2D eigenvalue weighted by molar-refractivity contribution is 8.15. The van der Waals surface area contributed by atoms with Crippen LogP contribution in [0.4, 0.5) is 45.1 Å². The molecule has 3 amide bonds. The minimum Gasteiger partial charge on any atom is -0.406 e. The summed E-state index contributed by atoms with van der Waals surface area (Å²) in [4.78, 5) is 34.9. The van der Waals surface area contributed by atoms with Crippen molar-refractivity contribution < 1.29 is 31.9 Å². The molecule has 1 saturated heterocycles. The van der Waals surface area contributed by atoms with Gasteiger partial charge in [-0.1, -0.05) is 37.2 Å². The minimum atomic E-state index is -4.80. The van der Waals surface area contributed by atoms with E-state index in [1.165, 1.54) is 34.2 Å². The molecule has 0 atom stereocenters. The van der Waals surface area contributed by atoms with Crippen LogP contribution >= 0.6 is 11.8 Å². The van der Waals surface area contributed by atoms with E-state index in [1.54, 1.807) is 7.05 Å². The molecule has 1 heterocycles. The summed E-state index contributed by atoms with van der Waals surface area (Å²) in [6.07, 6.45) is -3.17. The number of nitrogens with one attached hydrogen (secondary N) is 2. The summed E-state index contributed by atoms with van der Waals surface area (Å²) in [5.74, 6) is -0.972. The molecule has 0 saturated carbocycles. The lowest BCUT2D eigenvalue weighted by Crippen LogP contribution is -2.31. The van der Waals surface area contributed by atoms with E-state index in [0.717, 1.165) is 53.9 Å². The summed E-state index contributed by atoms with van der Waals surface area (Å²) in [5.41, 5.74) is 3.29. The molecule has 0 aliphatic carbocycles. The normalized spacial score (nSPS) is 14.4. The SMILES string of the molecule is C=N/C(CNc1ccc(NC(=O)N=C2SCC(=O)N2c2cc(C)ccc2CCC)c(F)c1)=N\N(C)c1ccc(OC(F)(F)F)cc1. The third kappa shape index (κ3) is 9.06. The maximum atomic E-state index is 15.0. The smallest absolute Gasteiger partial charge is 0.406 e. The molecule has 4 rings (SSSR count). The van der Waals surface area contributed by atoms with Crippen LogP contribution in [0.2, 0.25) is 0 Å². The number of nitrogens with zero attached hydrogens (tertiary/aromatic N) is 5. The number of thioether (sulfide) groups is 1. The van der Waals surface area contributed by atoms with Gasteiger partial charge in [-0.25, -0.2) is 14.2 Å². The van der Waals surface area contributed by atoms with Crippen molar-refractivity contribution in [2.45, 2.75) is 33.1 Å². The molecule has 3 aromatic carbocycles. The zero-order chi connectivity index (χ0) is 33.4. The molecule has 1 aliphatic heterocycles. The van der Waals surface area contributed by atoms with Gasteiger partial charge in [0.05, 0.1) is 29.4 Å². The second kappa shape index (κ2) is 14.9. The Bertz CT molecular complexity index is 1660. The van der Waals surface area contributed by atoms with E-state index in [-0.39, 0.29) is 40.6 Å². The lowest BCUT2D eigenvalue weighted by molar-refractivity contribution is -0.274. The van der Waals surface area contributed by atoms with Crippen molar-refractivity contribution in [2.75, 3.05) is 39.9 Å². The maximum absolute atomic E-state index is 15.0. The monoisotopic (exact) mass is 657 g/mol. The number of alkyl halides is 3. The molecular formula is C31H31F4N7O3S. The van der Waals surface area contributed by atoms with E-state index in [0.29, 0.717) is 17.1 Å². The van der Waals surface area contributed by atoms with E-state index >= 15 is 0 Å². The molecule has 2 N–H and O–H groups in total. The number of hydrogen-bond donors (Lipinski definition) is 2. The van der Waals surface area contributed by atoms with Gasteiger partial charge in [-0.2, -0.15) is 10.1 Å². The largest absolute Gasteiger partial charge is 0.573 e. The Morgan fingerprint density at radius 3 is 2.52 bits per heavy atom. The molecule has 1 aliphatic rings. The topological polar surface area (TPSA) is 111 Å². The van der Waals surface area contributed by atoms with Crippen LogP contribution in [0, 0.1) is 12.7 Å². The fraction of sp³-hybridized carbons (Fsp3) is 0.258. The Kier molecular flexibility index (Phi) is 11.0. The van der Waals surface area contributed by atoms with E-state index in [2.05, 4.69) is 37.2 Å². The van der Waals surface area contributed by atoms with Crippen LogP contribution < -0.4 is 25.3 Å². The highest BCUT2D eigenvalue weighted by Gasteiger charge is 2.32. The quantitative estimate of drug-likeness (QED) is 0.103. The van der Waals surface area contributed by atoms with Gasteiger partial charge in [-0.3, -0.25) is 14.7 Å². The number of carbonyl (C=O) groups excluding carboxylic acids is 2. The number of urea groups is 1. The van der Waals surface area contributed by atoms with Crippen LogP contribution in [0.5, 0.6) is 5.75 Å². The third-order valence-corrected chi connectivity index (χ3v) is 7.44. The molecule has 46 heavy (non-hydrogen) atoms. The van der Waals surface area contributed by atoms with Gasteiger partial charge < -0.3 is 15.4 Å². The lowest BCUT2D eigenvalue weighted by Gasteiger charge is -2.20. The predicted molar refractivity (Wildman–Crippen MR) is 175 cm³/mol. The van der Waals surface area contributed by atoms with Gasteiger partial charge >= 0.3 is 12.4 Å². The van der Waals surface area contributed by atoms with Crippen LogP contribution in [0.15, 0.2) is 75.7 Å². The van der Waals surface area contributed by atoms with Crippen molar-refractivity contribution in [3.8, 4) is 5.75 Å². The first kappa shape index (κ1) is 34.0. The second-order valence-corrected chi connectivity index (χ2v) is 11.0. The minimum absolute atomic E-state index is 0.0297. The van der Waals surface area contributed by atoms with E-state index < -0.39 is 18.2 Å². The molecule has 0 bridgehead atoms. The Hall–Kier alpha value is -4.92. The highest BCUT2D eigenvalue weighted by atomic mass is 32.2. The van der Waals surface area contributed by atoms with Gasteiger partial charge in [0.25, 0.3) is 0 Å². The molecule has 242 valence electrons. The van der Waals surface area contributed by atoms with Crippen molar-refractivity contribution in [1.29, 1.82) is 0 Å². The zero-order valence-electron chi connectivity index (χ0n) is 25.2. The standard InChI is InChI=1S/C31H31F4N7O3S/c1-5-6-20-8-7-19(2)15-26(20)42-28(43)18-46-30(42)39-29(44)38-25-14-9-21(16-24(25)32)37-17-27(36-3)40-41(4)22-10-12-23(13-11-22)45-31(33,34)35/h7-16,37H,3,5-6,17-18H2,1-2,4H3,(H,38,44)/b39-30?,40-27-. The van der Waals surface area contributed by atoms with Gasteiger partial charge in [-0.05, 0) is 79.7 Å². The summed E-state index contributed by atoms with van der Waals surface area (Å²) in [6.45, 7) is 7.46. The summed E-state index contributed by atoms with van der Waals surface area (Å²) in [5, 5.41) is 11.2. The van der Waals surface area contributed by atoms with E-state index in [9.17, 15) is 27.2 Å². The zero-order valence-corrected chi connectivity index (χ0v) is 26.0. The molecule has 0 unspecified atom stereocenters. The number of anilines is 4. The molecule has 15 heteroatoms. The highest BCUT2D eigenvalue weighted by Crippen LogP contribution is 2.32. The molecule has 1 fully saturated rings. The Labute approximate surface area is 267 Å². The molecule has 3 aromatic rings. The third-order valence-electron chi connectivity index (χ3n) is 6.52. The lowest BCUT2D eigenvalue weighted by atomic mass is 10.0. The molecule has 0 radical (unpaired) electrons. The fourth-order valence-corrected chi connectivity index (χ4v) is 5.26. The van der Waals surface area contributed by atoms with Crippen molar-refractivity contribution in [2.24, 2.45) is 15.1 Å². The number of carbonyl (C=O) groups is 2. The Morgan fingerprint density at radius 1 is 1.13 bits per heavy atom. The number of ether oxygens (including phenoxy) is 1. The number of aliphatic imine (C=N–C) groups is 2. The number of rotatable bonds is 10. The van der Waals surface area contributed by atoms with Crippen LogP contribution in [0.1, 0.15) is 24.5 Å². The first-order chi connectivity index (χ1) is 21.9. The molecular weight excluding hydrogens is 626 g/mol. The number of halogens is 4.